The van der Waals surface area contributed by atoms with Crippen molar-refractivity contribution < 1.29 is 9.53 Å². The van der Waals surface area contributed by atoms with Gasteiger partial charge in [-0.3, -0.25) is 9.69 Å². The lowest BCUT2D eigenvalue weighted by Gasteiger charge is -2.37. The van der Waals surface area contributed by atoms with Gasteiger partial charge in [-0.05, 0) is 18.2 Å². The molecule has 0 bridgehead atoms. The Kier molecular flexibility index (Phi) is 5.56. The van der Waals surface area contributed by atoms with Crippen LogP contribution in [0.2, 0.25) is 5.02 Å². The van der Waals surface area contributed by atoms with Crippen LogP contribution in [-0.2, 0) is 9.53 Å². The zero-order valence-electron chi connectivity index (χ0n) is 13.6. The number of carbonyl (C=O) groups excluding carboxylic acids is 1. The number of benzene rings is 1. The van der Waals surface area contributed by atoms with Crippen molar-refractivity contribution in [3.05, 3.63) is 28.8 Å². The fourth-order valence-electron chi connectivity index (χ4n) is 3.06. The Morgan fingerprint density at radius 3 is 2.50 bits per heavy atom. The first kappa shape index (κ1) is 17.0. The number of ether oxygens (including phenoxy) is 1. The molecule has 2 saturated heterocycles. The van der Waals surface area contributed by atoms with E-state index < -0.39 is 0 Å². The molecular formula is C17H21ClN4O2. The molecule has 2 aliphatic heterocycles. The number of nitriles is 1. The van der Waals surface area contributed by atoms with E-state index in [1.165, 1.54) is 0 Å². The summed E-state index contributed by atoms with van der Waals surface area (Å²) in [5, 5.41) is 9.42. The summed E-state index contributed by atoms with van der Waals surface area (Å²) in [6.07, 6.45) is 0. The molecule has 0 N–H and O–H groups in total. The Hall–Kier alpha value is -1.81. The number of carbonyl (C=O) groups is 1. The minimum atomic E-state index is 0.189. The van der Waals surface area contributed by atoms with Crippen molar-refractivity contribution in [2.75, 3.05) is 63.9 Å². The SMILES string of the molecule is N#Cc1ccc(N2CCN(C(=O)CN3CCOCC3)CC2)cc1Cl. The molecule has 24 heavy (non-hydrogen) atoms. The summed E-state index contributed by atoms with van der Waals surface area (Å²) in [5.74, 6) is 0.189. The first-order valence-corrected chi connectivity index (χ1v) is 8.57. The molecule has 0 saturated carbocycles. The molecule has 0 atom stereocenters. The summed E-state index contributed by atoms with van der Waals surface area (Å²) < 4.78 is 5.31. The summed E-state index contributed by atoms with van der Waals surface area (Å²) >= 11 is 6.11. The maximum atomic E-state index is 12.4. The molecule has 1 amide bonds. The third-order valence-electron chi connectivity index (χ3n) is 4.53. The van der Waals surface area contributed by atoms with Gasteiger partial charge in [0.2, 0.25) is 5.91 Å². The highest BCUT2D eigenvalue weighted by Gasteiger charge is 2.23. The maximum Gasteiger partial charge on any atom is 0.236 e. The van der Waals surface area contributed by atoms with Gasteiger partial charge >= 0.3 is 0 Å². The van der Waals surface area contributed by atoms with Crippen LogP contribution < -0.4 is 4.90 Å². The van der Waals surface area contributed by atoms with Crippen LogP contribution in [0.15, 0.2) is 18.2 Å². The van der Waals surface area contributed by atoms with Crippen molar-refractivity contribution in [2.45, 2.75) is 0 Å². The number of rotatable bonds is 3. The summed E-state index contributed by atoms with van der Waals surface area (Å²) in [6.45, 7) is 6.52. The van der Waals surface area contributed by atoms with E-state index in [9.17, 15) is 4.79 Å². The van der Waals surface area contributed by atoms with Crippen molar-refractivity contribution >= 4 is 23.2 Å². The fraction of sp³-hybridized carbons (Fsp3) is 0.529. The Balaban J connectivity index is 1.52. The lowest BCUT2D eigenvalue weighted by Crippen LogP contribution is -2.52. The van der Waals surface area contributed by atoms with Gasteiger partial charge in [-0.15, -0.1) is 0 Å². The van der Waals surface area contributed by atoms with Crippen LogP contribution in [0.25, 0.3) is 0 Å². The summed E-state index contributed by atoms with van der Waals surface area (Å²) in [4.78, 5) is 18.7. The van der Waals surface area contributed by atoms with Crippen molar-refractivity contribution in [2.24, 2.45) is 0 Å². The number of amides is 1. The minimum absolute atomic E-state index is 0.189. The highest BCUT2D eigenvalue weighted by molar-refractivity contribution is 6.32. The number of hydrogen-bond acceptors (Lipinski definition) is 5. The Bertz CT molecular complexity index is 632. The normalized spacial score (nSPS) is 19.2. The quantitative estimate of drug-likeness (QED) is 0.821. The smallest absolute Gasteiger partial charge is 0.236 e. The Labute approximate surface area is 147 Å². The minimum Gasteiger partial charge on any atom is -0.379 e. The van der Waals surface area contributed by atoms with Gasteiger partial charge in [-0.1, -0.05) is 11.6 Å². The van der Waals surface area contributed by atoms with E-state index in [1.807, 2.05) is 17.0 Å². The van der Waals surface area contributed by atoms with E-state index in [0.29, 0.717) is 43.4 Å². The monoisotopic (exact) mass is 348 g/mol. The van der Waals surface area contributed by atoms with Gasteiger partial charge in [0.25, 0.3) is 0 Å². The number of halogens is 1. The zero-order valence-corrected chi connectivity index (χ0v) is 14.3. The predicted octanol–water partition coefficient (Wildman–Crippen LogP) is 1.19. The van der Waals surface area contributed by atoms with Crippen molar-refractivity contribution in [1.82, 2.24) is 9.80 Å². The number of piperazine rings is 1. The van der Waals surface area contributed by atoms with Crippen LogP contribution in [0, 0.1) is 11.3 Å². The fourth-order valence-corrected chi connectivity index (χ4v) is 3.27. The summed E-state index contributed by atoms with van der Waals surface area (Å²) in [7, 11) is 0. The lowest BCUT2D eigenvalue weighted by molar-refractivity contribution is -0.133. The molecule has 2 fully saturated rings. The molecule has 3 rings (SSSR count). The van der Waals surface area contributed by atoms with Gasteiger partial charge in [0.1, 0.15) is 6.07 Å². The molecule has 2 heterocycles. The van der Waals surface area contributed by atoms with E-state index in [0.717, 1.165) is 31.9 Å². The topological polar surface area (TPSA) is 59.8 Å². The van der Waals surface area contributed by atoms with Crippen molar-refractivity contribution in [1.29, 1.82) is 5.26 Å². The summed E-state index contributed by atoms with van der Waals surface area (Å²) in [6, 6.07) is 7.55. The predicted molar refractivity (Wildman–Crippen MR) is 92.2 cm³/mol. The third-order valence-corrected chi connectivity index (χ3v) is 4.85. The number of hydrogen-bond donors (Lipinski definition) is 0. The molecule has 0 radical (unpaired) electrons. The van der Waals surface area contributed by atoms with Gasteiger partial charge in [0.15, 0.2) is 0 Å². The standard InChI is InChI=1S/C17H21ClN4O2/c18-16-11-15(2-1-14(16)12-19)21-3-5-22(6-4-21)17(23)13-20-7-9-24-10-8-20/h1-2,11H,3-10,13H2. The first-order chi connectivity index (χ1) is 11.7. The number of nitrogens with zero attached hydrogens (tertiary/aromatic N) is 4. The van der Waals surface area contributed by atoms with Crippen molar-refractivity contribution in [3.8, 4) is 6.07 Å². The van der Waals surface area contributed by atoms with Crippen LogP contribution in [0.1, 0.15) is 5.56 Å². The van der Waals surface area contributed by atoms with E-state index in [2.05, 4.69) is 15.9 Å². The molecule has 1 aromatic carbocycles. The van der Waals surface area contributed by atoms with E-state index >= 15 is 0 Å². The average molecular weight is 349 g/mol. The number of morpholine rings is 1. The zero-order chi connectivity index (χ0) is 16.9. The Morgan fingerprint density at radius 1 is 1.17 bits per heavy atom. The van der Waals surface area contributed by atoms with E-state index in [4.69, 9.17) is 21.6 Å². The molecule has 1 aromatic rings. The highest BCUT2D eigenvalue weighted by Crippen LogP contribution is 2.24. The second kappa shape index (κ2) is 7.84. The molecule has 0 aliphatic carbocycles. The second-order valence-corrected chi connectivity index (χ2v) is 6.44. The first-order valence-electron chi connectivity index (χ1n) is 8.20. The highest BCUT2D eigenvalue weighted by atomic mass is 35.5. The molecule has 7 heteroatoms. The van der Waals surface area contributed by atoms with E-state index in [-0.39, 0.29) is 5.91 Å². The van der Waals surface area contributed by atoms with Crippen LogP contribution >= 0.6 is 11.6 Å². The summed E-state index contributed by atoms with van der Waals surface area (Å²) in [5.41, 5.74) is 1.49. The van der Waals surface area contributed by atoms with Crippen LogP contribution in [0.5, 0.6) is 0 Å². The molecule has 2 aliphatic rings. The maximum absolute atomic E-state index is 12.4. The lowest BCUT2D eigenvalue weighted by atomic mass is 10.2. The van der Waals surface area contributed by atoms with Crippen molar-refractivity contribution in [3.63, 3.8) is 0 Å². The van der Waals surface area contributed by atoms with Crippen LogP contribution in [0.4, 0.5) is 5.69 Å². The Morgan fingerprint density at radius 2 is 1.88 bits per heavy atom. The van der Waals surface area contributed by atoms with Gasteiger partial charge in [-0.2, -0.15) is 5.26 Å². The van der Waals surface area contributed by atoms with Gasteiger partial charge in [0.05, 0.1) is 30.3 Å². The molecule has 0 spiro atoms. The molecule has 6 nitrogen and oxygen atoms in total. The van der Waals surface area contributed by atoms with Gasteiger partial charge in [0, 0.05) is 45.0 Å². The third kappa shape index (κ3) is 3.99. The molecule has 128 valence electrons. The molecule has 0 unspecified atom stereocenters. The van der Waals surface area contributed by atoms with E-state index in [1.54, 1.807) is 6.07 Å². The largest absolute Gasteiger partial charge is 0.379 e. The van der Waals surface area contributed by atoms with Gasteiger partial charge in [-0.25, -0.2) is 0 Å². The van der Waals surface area contributed by atoms with Crippen LogP contribution in [-0.4, -0.2) is 74.7 Å². The molecule has 0 aromatic heterocycles. The van der Waals surface area contributed by atoms with Crippen LogP contribution in [0.3, 0.4) is 0 Å². The number of anilines is 1. The van der Waals surface area contributed by atoms with Gasteiger partial charge < -0.3 is 14.5 Å². The molecular weight excluding hydrogens is 328 g/mol. The average Bonchev–Trinajstić information content (AvgIpc) is 2.62. The second-order valence-electron chi connectivity index (χ2n) is 6.03.